The van der Waals surface area contributed by atoms with Gasteiger partial charge in [-0.1, -0.05) is 30.7 Å². The summed E-state index contributed by atoms with van der Waals surface area (Å²) in [6.45, 7) is 3.76. The zero-order chi connectivity index (χ0) is 39.8. The van der Waals surface area contributed by atoms with Crippen LogP contribution in [-0.2, 0) is 38.3 Å². The van der Waals surface area contributed by atoms with E-state index in [0.29, 0.717) is 36.9 Å². The van der Waals surface area contributed by atoms with E-state index in [2.05, 4.69) is 31.2 Å². The van der Waals surface area contributed by atoms with Gasteiger partial charge in [0.2, 0.25) is 5.88 Å². The maximum Gasteiger partial charge on any atom is 0.320 e. The molecular weight excluding hydrogens is 756 g/mol. The standard InChI is InChI=1S/C41H51ClN6O7S/c1-26-8-6-10-35(55-37(49)22-46(2)3)31-14-11-29(31)20-48-24-41(17-7-9-27-18-30(42)13-15-33(27)41)25-54-36-16-12-28(19-34(36)48)38(50)44-56(52,23-26)45-39(51)32-21-47(4)43-40(32)53-5/h6,10,12-13,15-16,18-19,21,26,29,31,35H,7-9,11,14,17,20,22-25H2,1-5H3,(H,44,45,50,51,52)/b10-6-/t26-,29-,31+,35-,41-,56?/m0/s1. The third-order valence-electron chi connectivity index (χ3n) is 11.4. The molecule has 13 nitrogen and oxygen atoms in total. The number of benzene rings is 2. The molecule has 1 aromatic heterocycles. The summed E-state index contributed by atoms with van der Waals surface area (Å²) >= 11 is 6.48. The lowest BCUT2D eigenvalue weighted by molar-refractivity contribution is -0.152. The highest BCUT2D eigenvalue weighted by Crippen LogP contribution is 2.47. The fourth-order valence-corrected chi connectivity index (χ4v) is 10.7. The van der Waals surface area contributed by atoms with Crippen LogP contribution in [0.3, 0.4) is 0 Å². The number of amides is 2. The third-order valence-corrected chi connectivity index (χ3v) is 13.7. The van der Waals surface area contributed by atoms with Crippen molar-refractivity contribution < 1.29 is 32.8 Å². The molecule has 15 heteroatoms. The number of carbonyl (C=O) groups excluding carboxylic acids is 3. The zero-order valence-electron chi connectivity index (χ0n) is 32.7. The molecule has 7 rings (SSSR count). The van der Waals surface area contributed by atoms with Gasteiger partial charge in [0, 0.05) is 48.3 Å². The summed E-state index contributed by atoms with van der Waals surface area (Å²) < 4.78 is 41.1. The lowest BCUT2D eigenvalue weighted by atomic mass is 9.68. The van der Waals surface area contributed by atoms with Gasteiger partial charge in [-0.15, -0.1) is 9.46 Å². The molecule has 1 saturated carbocycles. The minimum Gasteiger partial charge on any atom is -0.490 e. The lowest BCUT2D eigenvalue weighted by Crippen LogP contribution is -2.50. The van der Waals surface area contributed by atoms with Gasteiger partial charge in [-0.3, -0.25) is 28.7 Å². The van der Waals surface area contributed by atoms with E-state index in [1.54, 1.807) is 30.1 Å². The Balaban J connectivity index is 1.31. The third kappa shape index (κ3) is 8.47. The summed E-state index contributed by atoms with van der Waals surface area (Å²) in [6, 6.07) is 11.3. The van der Waals surface area contributed by atoms with Crippen molar-refractivity contribution in [3.05, 3.63) is 82.0 Å². The Morgan fingerprint density at radius 1 is 1.18 bits per heavy atom. The Morgan fingerprint density at radius 3 is 2.75 bits per heavy atom. The van der Waals surface area contributed by atoms with Crippen LogP contribution < -0.4 is 19.1 Å². The summed E-state index contributed by atoms with van der Waals surface area (Å²) in [5.74, 6) is -1.18. The number of fused-ring (bicyclic) bond motifs is 4. The molecule has 6 atom stereocenters. The molecule has 3 aromatic rings. The number of ether oxygens (including phenoxy) is 3. The van der Waals surface area contributed by atoms with Gasteiger partial charge < -0.3 is 19.1 Å². The van der Waals surface area contributed by atoms with Gasteiger partial charge in [0.1, 0.15) is 27.3 Å². The van der Waals surface area contributed by atoms with Gasteiger partial charge in [-0.25, -0.2) is 4.21 Å². The second kappa shape index (κ2) is 16.2. The van der Waals surface area contributed by atoms with E-state index in [1.807, 2.05) is 39.2 Å². The molecule has 0 radical (unpaired) electrons. The van der Waals surface area contributed by atoms with Gasteiger partial charge in [-0.05, 0) is 112 Å². The average molecular weight is 807 g/mol. The molecule has 1 spiro atoms. The smallest absolute Gasteiger partial charge is 0.320 e. The fourth-order valence-electron chi connectivity index (χ4n) is 8.66. The number of hydrogen-bond acceptors (Lipinski definition) is 10. The zero-order valence-corrected chi connectivity index (χ0v) is 34.2. The van der Waals surface area contributed by atoms with Crippen molar-refractivity contribution in [1.82, 2.24) is 19.4 Å². The molecule has 4 aliphatic rings. The van der Waals surface area contributed by atoms with Crippen LogP contribution in [0.2, 0.25) is 5.02 Å². The van der Waals surface area contributed by atoms with Crippen molar-refractivity contribution >= 4 is 45.0 Å². The van der Waals surface area contributed by atoms with Crippen LogP contribution in [0.15, 0.2) is 59.1 Å². The van der Waals surface area contributed by atoms with Crippen molar-refractivity contribution in [3.63, 3.8) is 0 Å². The summed E-state index contributed by atoms with van der Waals surface area (Å²) in [5.41, 5.74) is 3.13. The van der Waals surface area contributed by atoms with Crippen molar-refractivity contribution in [2.75, 3.05) is 58.1 Å². The first-order valence-corrected chi connectivity index (χ1v) is 21.3. The summed E-state index contributed by atoms with van der Waals surface area (Å²) in [4.78, 5) is 44.9. The summed E-state index contributed by atoms with van der Waals surface area (Å²) in [6.07, 6.45) is 10.0. The second-order valence-corrected chi connectivity index (χ2v) is 18.5. The number of halogens is 1. The van der Waals surface area contributed by atoms with E-state index < -0.39 is 27.8 Å². The molecule has 1 unspecified atom stereocenters. The Morgan fingerprint density at radius 2 is 2.00 bits per heavy atom. The maximum atomic E-state index is 14.7. The predicted octanol–water partition coefficient (Wildman–Crippen LogP) is 5.60. The molecule has 1 N–H and O–H groups in total. The van der Waals surface area contributed by atoms with Gasteiger partial charge in [-0.2, -0.15) is 0 Å². The Kier molecular flexibility index (Phi) is 11.5. The number of hydrogen-bond donors (Lipinski definition) is 1. The predicted molar refractivity (Wildman–Crippen MR) is 215 cm³/mol. The number of rotatable bonds is 6. The van der Waals surface area contributed by atoms with E-state index in [-0.39, 0.29) is 58.4 Å². The van der Waals surface area contributed by atoms with Crippen LogP contribution >= 0.6 is 11.6 Å². The van der Waals surface area contributed by atoms with Gasteiger partial charge in [0.25, 0.3) is 11.8 Å². The van der Waals surface area contributed by atoms with Gasteiger partial charge in [0.05, 0.1) is 31.7 Å². The molecule has 1 fully saturated rings. The molecule has 2 bridgehead atoms. The fraction of sp³-hybridized carbons (Fsp3) is 0.512. The van der Waals surface area contributed by atoms with E-state index in [9.17, 15) is 18.6 Å². The highest BCUT2D eigenvalue weighted by Gasteiger charge is 2.45. The molecule has 2 aliphatic heterocycles. The van der Waals surface area contributed by atoms with Crippen molar-refractivity contribution in [3.8, 4) is 11.6 Å². The lowest BCUT2D eigenvalue weighted by Gasteiger charge is -2.46. The van der Waals surface area contributed by atoms with Gasteiger partial charge >= 0.3 is 5.97 Å². The van der Waals surface area contributed by atoms with Crippen LogP contribution in [0.1, 0.15) is 70.9 Å². The Labute approximate surface area is 334 Å². The molecule has 2 aliphatic carbocycles. The van der Waals surface area contributed by atoms with E-state index in [0.717, 1.165) is 37.8 Å². The Bertz CT molecular complexity index is 2160. The largest absolute Gasteiger partial charge is 0.490 e. The first-order chi connectivity index (χ1) is 26.7. The van der Waals surface area contributed by atoms with E-state index in [4.69, 9.17) is 25.8 Å². The van der Waals surface area contributed by atoms with E-state index in [1.165, 1.54) is 29.1 Å². The summed E-state index contributed by atoms with van der Waals surface area (Å²) in [7, 11) is 3.02. The normalized spacial score (nSPS) is 28.1. The van der Waals surface area contributed by atoms with Crippen molar-refractivity contribution in [2.45, 2.75) is 57.0 Å². The molecule has 2 amide bonds. The highest BCUT2D eigenvalue weighted by molar-refractivity contribution is 7.92. The van der Waals surface area contributed by atoms with Crippen LogP contribution in [0.5, 0.6) is 11.6 Å². The Hall–Kier alpha value is -4.40. The molecule has 56 heavy (non-hydrogen) atoms. The van der Waals surface area contributed by atoms with Crippen molar-refractivity contribution in [2.24, 2.45) is 29.2 Å². The van der Waals surface area contributed by atoms with Crippen LogP contribution in [0.25, 0.3) is 0 Å². The van der Waals surface area contributed by atoms with Gasteiger partial charge in [0.15, 0.2) is 0 Å². The SMILES string of the molecule is COc1nn(C)cc1C(=O)NS1(=O)=NC(=O)c2ccc3c(c2)N(C[C@@H]2CC[C@H]2[C@@H](OC(=O)CN(C)C)/C=C\C[C@H](C)C1)C[C@@]1(CCCc2cc(Cl)ccc21)CO3. The number of esters is 1. The number of nitrogens with one attached hydrogen (secondary N) is 1. The topological polar surface area (TPSA) is 145 Å². The molecule has 2 aromatic carbocycles. The quantitative estimate of drug-likeness (QED) is 0.247. The molecule has 3 heterocycles. The van der Waals surface area contributed by atoms with Crippen LogP contribution in [0, 0.1) is 17.8 Å². The number of aryl methyl sites for hydroxylation is 2. The second-order valence-electron chi connectivity index (χ2n) is 16.1. The highest BCUT2D eigenvalue weighted by atomic mass is 35.5. The number of allylic oxidation sites excluding steroid dienone is 1. The van der Waals surface area contributed by atoms with Crippen LogP contribution in [0.4, 0.5) is 5.69 Å². The number of aromatic nitrogens is 2. The first-order valence-electron chi connectivity index (χ1n) is 19.3. The molecular formula is C41H51ClN6O7S. The molecule has 300 valence electrons. The van der Waals surface area contributed by atoms with Crippen LogP contribution in [-0.4, -0.2) is 96.0 Å². The number of anilines is 1. The summed E-state index contributed by atoms with van der Waals surface area (Å²) in [5, 5.41) is 4.86. The minimum absolute atomic E-state index is 0.0555. The number of methoxy groups -OCH3 is 1. The number of nitrogens with zero attached hydrogens (tertiary/aromatic N) is 5. The number of carbonyl (C=O) groups is 3. The molecule has 0 saturated heterocycles. The number of likely N-dealkylation sites (N-methyl/N-ethyl adjacent to an activating group) is 1. The van der Waals surface area contributed by atoms with Crippen molar-refractivity contribution in [1.29, 1.82) is 0 Å². The first kappa shape index (κ1) is 39.8. The average Bonchev–Trinajstić information content (AvgIpc) is 3.44. The monoisotopic (exact) mass is 806 g/mol. The van der Waals surface area contributed by atoms with E-state index >= 15 is 0 Å². The maximum absolute atomic E-state index is 14.7. The minimum atomic E-state index is -3.68.